The van der Waals surface area contributed by atoms with E-state index >= 15 is 0 Å². The quantitative estimate of drug-likeness (QED) is 0.464. The molecule has 6 heteroatoms. The first-order chi connectivity index (χ1) is 19.5. The van der Waals surface area contributed by atoms with Gasteiger partial charge in [-0.3, -0.25) is 0 Å². The van der Waals surface area contributed by atoms with Gasteiger partial charge in [0.15, 0.2) is 9.84 Å². The summed E-state index contributed by atoms with van der Waals surface area (Å²) in [5, 5.41) is 3.99. The lowest BCUT2D eigenvalue weighted by Gasteiger charge is -2.53. The Balaban J connectivity index is 0.946. The zero-order valence-electron chi connectivity index (χ0n) is 24.1. The Bertz CT molecular complexity index is 1270. The Labute approximate surface area is 241 Å². The van der Waals surface area contributed by atoms with Crippen molar-refractivity contribution in [2.45, 2.75) is 86.3 Å². The van der Waals surface area contributed by atoms with Gasteiger partial charge in [-0.05, 0) is 105 Å². The molecule has 4 fully saturated rings. The predicted molar refractivity (Wildman–Crippen MR) is 163 cm³/mol. The molecule has 40 heavy (non-hydrogen) atoms. The molecule has 3 heterocycles. The standard InChI is InChI=1S/C34H47N3O2S/c38-40(39,31-10-4-5-11-31)32-15-13-30(14-16-32)37-24-26(25-37)23-36-21-18-29(19-22-36)34(28-8-2-3-9-28)33-12-6-1-7-27(33)17-20-35-34/h1,6-7,12-16,26,28-29,31,35H,2-5,8-11,17-25H2. The van der Waals surface area contributed by atoms with E-state index in [1.54, 1.807) is 11.1 Å². The van der Waals surface area contributed by atoms with Gasteiger partial charge in [0.05, 0.1) is 10.1 Å². The van der Waals surface area contributed by atoms with Crippen LogP contribution in [-0.2, 0) is 21.8 Å². The van der Waals surface area contributed by atoms with Gasteiger partial charge in [-0.1, -0.05) is 49.9 Å². The molecular weight excluding hydrogens is 514 g/mol. The molecular formula is C34H47N3O2S. The lowest BCUT2D eigenvalue weighted by Crippen LogP contribution is -2.59. The minimum Gasteiger partial charge on any atom is -0.371 e. The fourth-order valence-corrected chi connectivity index (χ4v) is 11.0. The SMILES string of the molecule is O=S(=O)(c1ccc(N2CC(CN3CCC(C4(C5CCCC5)NCCc5ccccc54)CC3)C2)cc1)C1CCCC1. The van der Waals surface area contributed by atoms with Crippen molar-refractivity contribution in [1.82, 2.24) is 10.2 Å². The molecule has 7 rings (SSSR count). The maximum Gasteiger partial charge on any atom is 0.181 e. The number of anilines is 1. The highest BCUT2D eigenvalue weighted by atomic mass is 32.2. The number of rotatable bonds is 7. The maximum absolute atomic E-state index is 12.9. The third kappa shape index (κ3) is 4.82. The van der Waals surface area contributed by atoms with Crippen molar-refractivity contribution in [3.8, 4) is 0 Å². The summed E-state index contributed by atoms with van der Waals surface area (Å²) in [6.45, 7) is 6.91. The van der Waals surface area contributed by atoms with Crippen LogP contribution < -0.4 is 10.2 Å². The highest BCUT2D eigenvalue weighted by Crippen LogP contribution is 2.50. The van der Waals surface area contributed by atoms with Gasteiger partial charge in [0, 0.05) is 43.3 Å². The Kier molecular flexibility index (Phi) is 7.47. The summed E-state index contributed by atoms with van der Waals surface area (Å²) in [5.41, 5.74) is 4.57. The molecule has 216 valence electrons. The first-order valence-electron chi connectivity index (χ1n) is 16.2. The van der Waals surface area contributed by atoms with Gasteiger partial charge in [-0.25, -0.2) is 8.42 Å². The molecule has 5 nitrogen and oxygen atoms in total. The van der Waals surface area contributed by atoms with Gasteiger partial charge in [0.25, 0.3) is 0 Å². The summed E-state index contributed by atoms with van der Waals surface area (Å²) in [5.74, 6) is 2.21. The summed E-state index contributed by atoms with van der Waals surface area (Å²) >= 11 is 0. The number of hydrogen-bond acceptors (Lipinski definition) is 5. The molecule has 3 aliphatic heterocycles. The Morgan fingerprint density at radius 3 is 2.17 bits per heavy atom. The van der Waals surface area contributed by atoms with Crippen LogP contribution in [0, 0.1) is 17.8 Å². The predicted octanol–water partition coefficient (Wildman–Crippen LogP) is 5.78. The first-order valence-corrected chi connectivity index (χ1v) is 17.7. The molecule has 2 saturated heterocycles. The molecule has 0 spiro atoms. The number of nitrogens with one attached hydrogen (secondary N) is 1. The maximum atomic E-state index is 12.9. The van der Waals surface area contributed by atoms with E-state index < -0.39 is 9.84 Å². The lowest BCUT2D eigenvalue weighted by molar-refractivity contribution is 0.0492. The van der Waals surface area contributed by atoms with Crippen molar-refractivity contribution < 1.29 is 8.42 Å². The Hall–Kier alpha value is -1.89. The topological polar surface area (TPSA) is 52.7 Å². The van der Waals surface area contributed by atoms with Crippen LogP contribution in [0.1, 0.15) is 75.3 Å². The second-order valence-corrected chi connectivity index (χ2v) is 15.7. The average molecular weight is 562 g/mol. The van der Waals surface area contributed by atoms with Gasteiger partial charge in [0.2, 0.25) is 0 Å². The lowest BCUT2D eigenvalue weighted by atomic mass is 9.63. The second kappa shape index (κ2) is 11.1. The van der Waals surface area contributed by atoms with E-state index in [1.807, 2.05) is 24.3 Å². The van der Waals surface area contributed by atoms with Crippen molar-refractivity contribution in [1.29, 1.82) is 0 Å². The molecule has 0 radical (unpaired) electrons. The van der Waals surface area contributed by atoms with Crippen molar-refractivity contribution in [3.05, 3.63) is 59.7 Å². The van der Waals surface area contributed by atoms with E-state index in [1.165, 1.54) is 70.3 Å². The zero-order chi connectivity index (χ0) is 27.2. The van der Waals surface area contributed by atoms with E-state index in [0.717, 1.165) is 57.2 Å². The summed E-state index contributed by atoms with van der Waals surface area (Å²) in [6, 6.07) is 17.1. The van der Waals surface area contributed by atoms with Crippen LogP contribution in [0.3, 0.4) is 0 Å². The van der Waals surface area contributed by atoms with Crippen molar-refractivity contribution in [3.63, 3.8) is 0 Å². The molecule has 1 atom stereocenters. The fourth-order valence-electron chi connectivity index (χ4n) is 9.15. The number of fused-ring (bicyclic) bond motifs is 1. The van der Waals surface area contributed by atoms with E-state index in [9.17, 15) is 8.42 Å². The third-order valence-corrected chi connectivity index (χ3v) is 13.5. The number of nitrogens with zero attached hydrogens (tertiary/aromatic N) is 2. The molecule has 0 bridgehead atoms. The Morgan fingerprint density at radius 2 is 1.45 bits per heavy atom. The summed E-state index contributed by atoms with van der Waals surface area (Å²) < 4.78 is 25.9. The summed E-state index contributed by atoms with van der Waals surface area (Å²) in [7, 11) is -3.17. The van der Waals surface area contributed by atoms with Gasteiger partial charge in [0.1, 0.15) is 0 Å². The van der Waals surface area contributed by atoms with E-state index in [0.29, 0.717) is 10.8 Å². The van der Waals surface area contributed by atoms with Crippen LogP contribution in [-0.4, -0.2) is 57.8 Å². The van der Waals surface area contributed by atoms with Gasteiger partial charge in [-0.2, -0.15) is 0 Å². The van der Waals surface area contributed by atoms with Crippen molar-refractivity contribution in [2.75, 3.05) is 44.2 Å². The highest BCUT2D eigenvalue weighted by molar-refractivity contribution is 7.92. The van der Waals surface area contributed by atoms with Crippen molar-refractivity contribution >= 4 is 15.5 Å². The van der Waals surface area contributed by atoms with Gasteiger partial charge < -0.3 is 15.1 Å². The molecule has 0 aromatic heterocycles. The summed E-state index contributed by atoms with van der Waals surface area (Å²) in [4.78, 5) is 5.65. The van der Waals surface area contributed by atoms with Crippen LogP contribution in [0.15, 0.2) is 53.4 Å². The van der Waals surface area contributed by atoms with Crippen LogP contribution in [0.2, 0.25) is 0 Å². The normalized spacial score (nSPS) is 27.6. The molecule has 1 unspecified atom stereocenters. The van der Waals surface area contributed by atoms with Gasteiger partial charge in [-0.15, -0.1) is 0 Å². The van der Waals surface area contributed by atoms with Crippen LogP contribution in [0.25, 0.3) is 0 Å². The van der Waals surface area contributed by atoms with E-state index in [4.69, 9.17) is 0 Å². The highest BCUT2D eigenvalue weighted by Gasteiger charge is 2.50. The number of hydrogen-bond donors (Lipinski definition) is 1. The van der Waals surface area contributed by atoms with Gasteiger partial charge >= 0.3 is 0 Å². The largest absolute Gasteiger partial charge is 0.371 e. The smallest absolute Gasteiger partial charge is 0.181 e. The average Bonchev–Trinajstić information content (AvgIpc) is 3.71. The molecule has 2 saturated carbocycles. The number of likely N-dealkylation sites (tertiary alicyclic amines) is 1. The molecule has 2 aromatic carbocycles. The number of sulfone groups is 1. The summed E-state index contributed by atoms with van der Waals surface area (Å²) in [6.07, 6.45) is 13.0. The van der Waals surface area contributed by atoms with Crippen LogP contribution in [0.5, 0.6) is 0 Å². The minimum atomic E-state index is -3.17. The minimum absolute atomic E-state index is 0.174. The van der Waals surface area contributed by atoms with Crippen molar-refractivity contribution in [2.24, 2.45) is 17.8 Å². The molecule has 2 aromatic rings. The van der Waals surface area contributed by atoms with E-state index in [-0.39, 0.29) is 10.8 Å². The number of benzene rings is 2. The molecule has 1 N–H and O–H groups in total. The number of piperidine rings is 1. The first kappa shape index (κ1) is 27.0. The molecule has 0 amide bonds. The van der Waals surface area contributed by atoms with Crippen LogP contribution >= 0.6 is 0 Å². The zero-order valence-corrected chi connectivity index (χ0v) is 24.9. The monoisotopic (exact) mass is 561 g/mol. The fraction of sp³-hybridized carbons (Fsp3) is 0.647. The molecule has 2 aliphatic carbocycles. The van der Waals surface area contributed by atoms with Crippen LogP contribution in [0.4, 0.5) is 5.69 Å². The second-order valence-electron chi connectivity index (χ2n) is 13.5. The molecule has 5 aliphatic rings. The van der Waals surface area contributed by atoms with E-state index in [2.05, 4.69) is 39.4 Å². The third-order valence-electron chi connectivity index (χ3n) is 11.3. The Morgan fingerprint density at radius 1 is 0.800 bits per heavy atom.